The molecule has 1 aromatic heterocycles. The van der Waals surface area contributed by atoms with E-state index in [0.717, 1.165) is 51.6 Å². The van der Waals surface area contributed by atoms with Crippen molar-refractivity contribution in [1.82, 2.24) is 9.88 Å². The summed E-state index contributed by atoms with van der Waals surface area (Å²) in [4.78, 5) is 29.2. The average Bonchev–Trinajstić information content (AvgIpc) is 3.45. The van der Waals surface area contributed by atoms with Crippen LogP contribution >= 0.6 is 0 Å². The fourth-order valence-electron chi connectivity index (χ4n) is 5.38. The minimum absolute atomic E-state index is 0.170. The van der Waals surface area contributed by atoms with Gasteiger partial charge >= 0.3 is 11.9 Å². The Bertz CT molecular complexity index is 1470. The van der Waals surface area contributed by atoms with Crippen LogP contribution in [0.1, 0.15) is 45.1 Å². The number of likely N-dealkylation sites (tertiary alicyclic amines) is 1. The van der Waals surface area contributed by atoms with Gasteiger partial charge in [-0.15, -0.1) is 0 Å². The molecule has 1 atom stereocenters. The highest BCUT2D eigenvalue weighted by atomic mass is 16.6. The normalized spacial score (nSPS) is 16.2. The topological polar surface area (TPSA) is 101 Å². The number of aromatic nitrogens is 1. The number of nitrogens with zero attached hydrogens (tertiary/aromatic N) is 1. The third-order valence-corrected chi connectivity index (χ3v) is 7.45. The summed E-state index contributed by atoms with van der Waals surface area (Å²) >= 11 is 0. The lowest BCUT2D eigenvalue weighted by Gasteiger charge is -2.43. The van der Waals surface area contributed by atoms with E-state index in [0.29, 0.717) is 32.5 Å². The number of carboxylic acids is 1. The van der Waals surface area contributed by atoms with Crippen molar-refractivity contribution in [3.8, 4) is 11.5 Å². The molecular formula is C31H34N2O6. The molecule has 3 aromatic carbocycles. The first-order chi connectivity index (χ1) is 18.9. The van der Waals surface area contributed by atoms with E-state index in [1.807, 2.05) is 66.9 Å². The highest BCUT2D eigenvalue weighted by Crippen LogP contribution is 2.40. The van der Waals surface area contributed by atoms with Crippen molar-refractivity contribution in [2.75, 3.05) is 19.7 Å². The second-order valence-corrected chi connectivity index (χ2v) is 9.97. The molecule has 4 aromatic rings. The monoisotopic (exact) mass is 530 g/mol. The van der Waals surface area contributed by atoms with Crippen LogP contribution in [-0.2, 0) is 19.9 Å². The lowest BCUT2D eigenvalue weighted by molar-refractivity contribution is -0.181. The number of piperidine rings is 1. The summed E-state index contributed by atoms with van der Waals surface area (Å²) in [7, 11) is 0. The highest BCUT2D eigenvalue weighted by molar-refractivity contribution is 6.28. The number of nitrogens with one attached hydrogen (secondary N) is 1. The summed E-state index contributed by atoms with van der Waals surface area (Å²) in [6.45, 7) is 5.95. The van der Waals surface area contributed by atoms with Gasteiger partial charge in [-0.2, -0.15) is 0 Å². The predicted molar refractivity (Wildman–Crippen MR) is 149 cm³/mol. The maximum atomic E-state index is 12.3. The molecule has 0 radical (unpaired) electrons. The van der Waals surface area contributed by atoms with E-state index in [2.05, 4.69) is 23.7 Å². The summed E-state index contributed by atoms with van der Waals surface area (Å²) in [5, 5.41) is 12.3. The second-order valence-electron chi connectivity index (χ2n) is 9.97. The molecule has 2 N–H and O–H groups in total. The van der Waals surface area contributed by atoms with E-state index in [-0.39, 0.29) is 6.23 Å². The standard InChI is InChI=1S/C31H34N2O6/c1-3-18-37-24-11-9-21-19-23(10-8-22(21)20-24)31(39-30(36)29(34)35)13-16-33(17-14-31)28(4-2)38-27-7-5-6-26-25(27)12-15-32-26/h5-12,15,19-20,28,32H,3-4,13-14,16-18H2,1-2H3,(H,34,35). The SMILES string of the molecule is CCCOc1ccc2cc(C3(OC(=O)C(=O)O)CCN(C(CC)Oc4cccc5[nH]ccc45)CC3)ccc2c1. The van der Waals surface area contributed by atoms with Gasteiger partial charge in [0.1, 0.15) is 17.1 Å². The Morgan fingerprint density at radius 3 is 2.54 bits per heavy atom. The molecule has 0 saturated carbocycles. The van der Waals surface area contributed by atoms with Gasteiger partial charge in [-0.25, -0.2) is 9.59 Å². The van der Waals surface area contributed by atoms with Crippen LogP contribution < -0.4 is 9.47 Å². The van der Waals surface area contributed by atoms with Crippen LogP contribution in [0.5, 0.6) is 11.5 Å². The first kappa shape index (κ1) is 26.6. The van der Waals surface area contributed by atoms with E-state index in [9.17, 15) is 14.7 Å². The molecule has 204 valence electrons. The quantitative estimate of drug-likeness (QED) is 0.207. The fraction of sp³-hybridized carbons (Fsp3) is 0.355. The number of benzene rings is 3. The number of aliphatic carboxylic acids is 1. The maximum Gasteiger partial charge on any atom is 0.418 e. The number of carbonyl (C=O) groups is 2. The van der Waals surface area contributed by atoms with Gasteiger partial charge in [-0.3, -0.25) is 4.90 Å². The molecule has 1 aliphatic heterocycles. The Morgan fingerprint density at radius 2 is 1.79 bits per heavy atom. The first-order valence-electron chi connectivity index (χ1n) is 13.5. The number of esters is 1. The number of carboxylic acid groups (broad SMARTS) is 1. The smallest absolute Gasteiger partial charge is 0.418 e. The van der Waals surface area contributed by atoms with E-state index in [1.165, 1.54) is 0 Å². The van der Waals surface area contributed by atoms with Gasteiger partial charge in [-0.05, 0) is 65.6 Å². The Hall–Kier alpha value is -4.04. The average molecular weight is 531 g/mol. The van der Waals surface area contributed by atoms with Crippen molar-refractivity contribution in [3.63, 3.8) is 0 Å². The molecule has 1 unspecified atom stereocenters. The summed E-state index contributed by atoms with van der Waals surface area (Å²) in [5.41, 5.74) is 0.759. The van der Waals surface area contributed by atoms with Crippen LogP contribution in [0.25, 0.3) is 21.7 Å². The van der Waals surface area contributed by atoms with Gasteiger partial charge in [-0.1, -0.05) is 38.1 Å². The zero-order valence-electron chi connectivity index (χ0n) is 22.3. The first-order valence-corrected chi connectivity index (χ1v) is 13.5. The van der Waals surface area contributed by atoms with Gasteiger partial charge in [0, 0.05) is 43.0 Å². The van der Waals surface area contributed by atoms with Crippen LogP contribution in [0.2, 0.25) is 0 Å². The number of aromatic amines is 1. The lowest BCUT2D eigenvalue weighted by atomic mass is 9.83. The summed E-state index contributed by atoms with van der Waals surface area (Å²) < 4.78 is 18.0. The van der Waals surface area contributed by atoms with Crippen LogP contribution in [0.3, 0.4) is 0 Å². The summed E-state index contributed by atoms with van der Waals surface area (Å²) in [6.07, 6.45) is 4.31. The van der Waals surface area contributed by atoms with Crippen molar-refractivity contribution in [2.24, 2.45) is 0 Å². The maximum absolute atomic E-state index is 12.3. The molecule has 8 heteroatoms. The van der Waals surface area contributed by atoms with Crippen LogP contribution in [0.15, 0.2) is 66.9 Å². The highest BCUT2D eigenvalue weighted by Gasteiger charge is 2.42. The number of fused-ring (bicyclic) bond motifs is 2. The third-order valence-electron chi connectivity index (χ3n) is 7.45. The molecular weight excluding hydrogens is 496 g/mol. The van der Waals surface area contributed by atoms with Crippen LogP contribution in [-0.4, -0.2) is 52.9 Å². The van der Waals surface area contributed by atoms with E-state index < -0.39 is 17.5 Å². The van der Waals surface area contributed by atoms with Crippen molar-refractivity contribution in [1.29, 1.82) is 0 Å². The van der Waals surface area contributed by atoms with Gasteiger partial charge in [0.25, 0.3) is 0 Å². The molecule has 0 spiro atoms. The Labute approximate surface area is 227 Å². The molecule has 2 heterocycles. The minimum atomic E-state index is -1.59. The number of hydrogen-bond donors (Lipinski definition) is 2. The molecule has 1 saturated heterocycles. The molecule has 0 amide bonds. The molecule has 1 fully saturated rings. The molecule has 0 aliphatic carbocycles. The largest absolute Gasteiger partial charge is 0.494 e. The predicted octanol–water partition coefficient (Wildman–Crippen LogP) is 5.84. The number of ether oxygens (including phenoxy) is 3. The molecule has 1 aliphatic rings. The number of hydrogen-bond acceptors (Lipinski definition) is 6. The Balaban J connectivity index is 1.38. The molecule has 5 rings (SSSR count). The van der Waals surface area contributed by atoms with E-state index in [4.69, 9.17) is 14.2 Å². The zero-order valence-corrected chi connectivity index (χ0v) is 22.3. The minimum Gasteiger partial charge on any atom is -0.494 e. The van der Waals surface area contributed by atoms with E-state index in [1.54, 1.807) is 0 Å². The van der Waals surface area contributed by atoms with Crippen molar-refractivity contribution >= 4 is 33.6 Å². The van der Waals surface area contributed by atoms with Crippen molar-refractivity contribution in [2.45, 2.75) is 51.4 Å². The summed E-state index contributed by atoms with van der Waals surface area (Å²) in [5.74, 6) is -1.22. The van der Waals surface area contributed by atoms with Gasteiger partial charge in [0.05, 0.1) is 6.61 Å². The Morgan fingerprint density at radius 1 is 1.03 bits per heavy atom. The molecule has 8 nitrogen and oxygen atoms in total. The third kappa shape index (κ3) is 5.56. The van der Waals surface area contributed by atoms with Crippen molar-refractivity contribution in [3.05, 3.63) is 72.4 Å². The zero-order chi connectivity index (χ0) is 27.4. The van der Waals surface area contributed by atoms with Gasteiger partial charge < -0.3 is 24.3 Å². The number of H-pyrrole nitrogens is 1. The molecule has 0 bridgehead atoms. The van der Waals surface area contributed by atoms with Gasteiger partial charge in [0.15, 0.2) is 6.23 Å². The van der Waals surface area contributed by atoms with Crippen molar-refractivity contribution < 1.29 is 28.9 Å². The Kier molecular flexibility index (Phi) is 7.74. The van der Waals surface area contributed by atoms with Gasteiger partial charge in [0.2, 0.25) is 0 Å². The molecule has 39 heavy (non-hydrogen) atoms. The summed E-state index contributed by atoms with van der Waals surface area (Å²) in [6, 6.07) is 19.7. The van der Waals surface area contributed by atoms with Crippen LogP contribution in [0, 0.1) is 0 Å². The second kappa shape index (κ2) is 11.4. The number of rotatable bonds is 9. The number of carbonyl (C=O) groups excluding carboxylic acids is 1. The van der Waals surface area contributed by atoms with Crippen LogP contribution in [0.4, 0.5) is 0 Å². The lowest BCUT2D eigenvalue weighted by Crippen LogP contribution is -2.50. The fourth-order valence-corrected chi connectivity index (χ4v) is 5.38. The van der Waals surface area contributed by atoms with E-state index >= 15 is 0 Å².